The second kappa shape index (κ2) is 8.55. The average molecular weight is 287 g/mol. The topological polar surface area (TPSA) is 21.3 Å². The van der Waals surface area contributed by atoms with Crippen molar-refractivity contribution in [3.05, 3.63) is 71.5 Å². The standard InChI is InChI=1S/C18H22FNO/c1-21-12-11-20-14-17(13-15-5-3-2-4-6-15)16-7-9-18(19)10-8-16/h2-10,17,20H,11-14H2,1H3. The van der Waals surface area contributed by atoms with E-state index in [1.165, 1.54) is 17.7 Å². The van der Waals surface area contributed by atoms with Gasteiger partial charge in [-0.15, -0.1) is 0 Å². The van der Waals surface area contributed by atoms with E-state index in [1.54, 1.807) is 7.11 Å². The minimum atomic E-state index is -0.190. The van der Waals surface area contributed by atoms with E-state index in [0.717, 1.165) is 25.1 Å². The molecule has 0 spiro atoms. The molecule has 0 saturated heterocycles. The number of rotatable bonds is 8. The third-order valence-corrected chi connectivity index (χ3v) is 3.54. The first-order valence-electron chi connectivity index (χ1n) is 7.28. The summed E-state index contributed by atoms with van der Waals surface area (Å²) in [4.78, 5) is 0. The SMILES string of the molecule is COCCNCC(Cc1ccccc1)c1ccc(F)cc1. The summed E-state index contributed by atoms with van der Waals surface area (Å²) < 4.78 is 18.1. The molecule has 0 radical (unpaired) electrons. The third kappa shape index (κ3) is 5.29. The fraction of sp³-hybridized carbons (Fsp3) is 0.333. The van der Waals surface area contributed by atoms with Crippen LogP contribution in [0.25, 0.3) is 0 Å². The molecular formula is C18H22FNO. The molecule has 0 fully saturated rings. The Morgan fingerprint density at radius 2 is 1.76 bits per heavy atom. The van der Waals surface area contributed by atoms with Gasteiger partial charge in [-0.1, -0.05) is 42.5 Å². The summed E-state index contributed by atoms with van der Waals surface area (Å²) in [5.41, 5.74) is 2.45. The molecule has 112 valence electrons. The van der Waals surface area contributed by atoms with Crippen LogP contribution in [0.2, 0.25) is 0 Å². The lowest BCUT2D eigenvalue weighted by atomic mass is 9.92. The molecule has 1 unspecified atom stereocenters. The van der Waals surface area contributed by atoms with Crippen LogP contribution in [0.4, 0.5) is 4.39 Å². The minimum absolute atomic E-state index is 0.190. The number of nitrogens with one attached hydrogen (secondary N) is 1. The van der Waals surface area contributed by atoms with Gasteiger partial charge in [0.05, 0.1) is 6.61 Å². The Hall–Kier alpha value is -1.71. The van der Waals surface area contributed by atoms with E-state index in [0.29, 0.717) is 12.5 Å². The summed E-state index contributed by atoms with van der Waals surface area (Å²) in [7, 11) is 1.70. The van der Waals surface area contributed by atoms with Gasteiger partial charge in [0.2, 0.25) is 0 Å². The molecule has 0 aliphatic rings. The Morgan fingerprint density at radius 3 is 2.43 bits per heavy atom. The molecular weight excluding hydrogens is 265 g/mol. The number of methoxy groups -OCH3 is 1. The minimum Gasteiger partial charge on any atom is -0.383 e. The summed E-state index contributed by atoms with van der Waals surface area (Å²) in [6.45, 7) is 2.37. The third-order valence-electron chi connectivity index (χ3n) is 3.54. The van der Waals surface area contributed by atoms with Crippen LogP contribution in [0.15, 0.2) is 54.6 Å². The van der Waals surface area contributed by atoms with Crippen LogP contribution in [0.3, 0.4) is 0 Å². The van der Waals surface area contributed by atoms with Crippen LogP contribution in [0.5, 0.6) is 0 Å². The fourth-order valence-corrected chi connectivity index (χ4v) is 2.39. The van der Waals surface area contributed by atoms with Gasteiger partial charge in [0.25, 0.3) is 0 Å². The van der Waals surface area contributed by atoms with Gasteiger partial charge in [-0.25, -0.2) is 4.39 Å². The van der Waals surface area contributed by atoms with Gasteiger partial charge >= 0.3 is 0 Å². The predicted molar refractivity (Wildman–Crippen MR) is 84.0 cm³/mol. The molecule has 0 heterocycles. The summed E-state index contributed by atoms with van der Waals surface area (Å²) >= 11 is 0. The molecule has 2 rings (SSSR count). The largest absolute Gasteiger partial charge is 0.383 e. The number of ether oxygens (including phenoxy) is 1. The molecule has 2 aromatic rings. The van der Waals surface area contributed by atoms with Crippen molar-refractivity contribution in [1.82, 2.24) is 5.32 Å². The van der Waals surface area contributed by atoms with Gasteiger partial charge in [0, 0.05) is 26.1 Å². The second-order valence-corrected chi connectivity index (χ2v) is 5.14. The van der Waals surface area contributed by atoms with Gasteiger partial charge in [-0.05, 0) is 29.7 Å². The Balaban J connectivity index is 2.04. The number of hydrogen-bond acceptors (Lipinski definition) is 2. The molecule has 2 nitrogen and oxygen atoms in total. The molecule has 1 atom stereocenters. The van der Waals surface area contributed by atoms with Crippen molar-refractivity contribution >= 4 is 0 Å². The predicted octanol–water partition coefficient (Wildman–Crippen LogP) is 3.39. The molecule has 21 heavy (non-hydrogen) atoms. The Bertz CT molecular complexity index is 513. The van der Waals surface area contributed by atoms with Crippen molar-refractivity contribution in [2.75, 3.05) is 26.8 Å². The van der Waals surface area contributed by atoms with Gasteiger partial charge in [-0.2, -0.15) is 0 Å². The lowest BCUT2D eigenvalue weighted by Crippen LogP contribution is -2.26. The first kappa shape index (κ1) is 15.7. The Labute approximate surface area is 126 Å². The molecule has 0 aliphatic carbocycles. The zero-order valence-electron chi connectivity index (χ0n) is 12.4. The maximum atomic E-state index is 13.1. The molecule has 1 N–H and O–H groups in total. The Kier molecular flexibility index (Phi) is 6.38. The Morgan fingerprint density at radius 1 is 1.05 bits per heavy atom. The number of halogens is 1. The highest BCUT2D eigenvalue weighted by molar-refractivity contribution is 5.25. The molecule has 3 heteroatoms. The van der Waals surface area contributed by atoms with Crippen LogP contribution in [-0.2, 0) is 11.2 Å². The van der Waals surface area contributed by atoms with Crippen molar-refractivity contribution in [2.45, 2.75) is 12.3 Å². The smallest absolute Gasteiger partial charge is 0.123 e. The van der Waals surface area contributed by atoms with Gasteiger partial charge in [-0.3, -0.25) is 0 Å². The van der Waals surface area contributed by atoms with Gasteiger partial charge < -0.3 is 10.1 Å². The summed E-state index contributed by atoms with van der Waals surface area (Å²) in [5.74, 6) is 0.134. The van der Waals surface area contributed by atoms with E-state index >= 15 is 0 Å². The van der Waals surface area contributed by atoms with Crippen molar-refractivity contribution in [1.29, 1.82) is 0 Å². The number of benzene rings is 2. The van der Waals surface area contributed by atoms with Crippen LogP contribution in [-0.4, -0.2) is 26.8 Å². The monoisotopic (exact) mass is 287 g/mol. The molecule has 0 amide bonds. The highest BCUT2D eigenvalue weighted by Crippen LogP contribution is 2.20. The lowest BCUT2D eigenvalue weighted by Gasteiger charge is -2.18. The van der Waals surface area contributed by atoms with E-state index in [2.05, 4.69) is 29.6 Å². The van der Waals surface area contributed by atoms with E-state index < -0.39 is 0 Å². The number of hydrogen-bond donors (Lipinski definition) is 1. The normalized spacial score (nSPS) is 12.3. The molecule has 0 aliphatic heterocycles. The van der Waals surface area contributed by atoms with E-state index in [9.17, 15) is 4.39 Å². The lowest BCUT2D eigenvalue weighted by molar-refractivity contribution is 0.199. The molecule has 0 bridgehead atoms. The van der Waals surface area contributed by atoms with E-state index in [4.69, 9.17) is 4.74 Å². The maximum absolute atomic E-state index is 13.1. The van der Waals surface area contributed by atoms with Crippen LogP contribution >= 0.6 is 0 Å². The van der Waals surface area contributed by atoms with Crippen molar-refractivity contribution < 1.29 is 9.13 Å². The first-order valence-corrected chi connectivity index (χ1v) is 7.28. The van der Waals surface area contributed by atoms with Gasteiger partial charge in [0.1, 0.15) is 5.82 Å². The van der Waals surface area contributed by atoms with E-state index in [-0.39, 0.29) is 5.82 Å². The summed E-state index contributed by atoms with van der Waals surface area (Å²) in [6, 6.07) is 17.2. The van der Waals surface area contributed by atoms with Crippen LogP contribution in [0, 0.1) is 5.82 Å². The maximum Gasteiger partial charge on any atom is 0.123 e. The highest BCUT2D eigenvalue weighted by atomic mass is 19.1. The average Bonchev–Trinajstić information content (AvgIpc) is 2.52. The van der Waals surface area contributed by atoms with E-state index in [1.807, 2.05) is 18.2 Å². The zero-order valence-corrected chi connectivity index (χ0v) is 12.4. The second-order valence-electron chi connectivity index (χ2n) is 5.14. The van der Waals surface area contributed by atoms with Gasteiger partial charge in [0.15, 0.2) is 0 Å². The van der Waals surface area contributed by atoms with Crippen LogP contribution in [0.1, 0.15) is 17.0 Å². The van der Waals surface area contributed by atoms with Crippen molar-refractivity contribution in [3.63, 3.8) is 0 Å². The first-order chi connectivity index (χ1) is 10.3. The quantitative estimate of drug-likeness (QED) is 0.751. The van der Waals surface area contributed by atoms with Crippen molar-refractivity contribution in [3.8, 4) is 0 Å². The van der Waals surface area contributed by atoms with Crippen molar-refractivity contribution in [2.24, 2.45) is 0 Å². The molecule has 2 aromatic carbocycles. The highest BCUT2D eigenvalue weighted by Gasteiger charge is 2.12. The summed E-state index contributed by atoms with van der Waals surface area (Å²) in [5, 5.41) is 3.40. The summed E-state index contributed by atoms with van der Waals surface area (Å²) in [6.07, 6.45) is 0.937. The van der Waals surface area contributed by atoms with Crippen LogP contribution < -0.4 is 5.32 Å². The zero-order chi connectivity index (χ0) is 14.9. The molecule has 0 aromatic heterocycles. The fourth-order valence-electron chi connectivity index (χ4n) is 2.39. The molecule has 0 saturated carbocycles.